The summed E-state index contributed by atoms with van der Waals surface area (Å²) in [5, 5.41) is 0. The molecule has 0 spiro atoms. The highest BCUT2D eigenvalue weighted by Crippen LogP contribution is 2.38. The minimum Gasteiger partial charge on any atom is -0.466 e. The molecule has 10 heteroatoms. The molecule has 1 fully saturated rings. The van der Waals surface area contributed by atoms with Crippen LogP contribution in [0.15, 0.2) is 67.3 Å². The highest BCUT2D eigenvalue weighted by atomic mass is 16.5. The van der Waals surface area contributed by atoms with E-state index in [9.17, 15) is 9.59 Å². The molecule has 45 heavy (non-hydrogen) atoms. The highest BCUT2D eigenvalue weighted by molar-refractivity contribution is 6.11. The van der Waals surface area contributed by atoms with E-state index in [-0.39, 0.29) is 13.2 Å². The van der Waals surface area contributed by atoms with Crippen LogP contribution in [-0.2, 0) is 20.9 Å². The van der Waals surface area contributed by atoms with E-state index in [2.05, 4.69) is 42.5 Å². The lowest BCUT2D eigenvalue weighted by Gasteiger charge is -2.28. The second kappa shape index (κ2) is 13.9. The average molecular weight is 609 g/mol. The fourth-order valence-corrected chi connectivity index (χ4v) is 6.30. The first kappa shape index (κ1) is 30.3. The second-order valence-electron chi connectivity index (χ2n) is 11.9. The van der Waals surface area contributed by atoms with Crippen LogP contribution < -0.4 is 4.90 Å². The molecule has 5 aromatic rings. The molecule has 234 valence electrons. The lowest BCUT2D eigenvalue weighted by Crippen LogP contribution is -2.35. The smallest absolute Gasteiger partial charge is 0.342 e. The van der Waals surface area contributed by atoms with E-state index in [4.69, 9.17) is 14.5 Å². The molecule has 1 N–H and O–H groups in total. The van der Waals surface area contributed by atoms with Crippen LogP contribution in [-0.4, -0.2) is 77.2 Å². The maximum Gasteiger partial charge on any atom is 0.342 e. The summed E-state index contributed by atoms with van der Waals surface area (Å²) in [6.07, 6.45) is 9.77. The maximum absolute atomic E-state index is 13.9. The van der Waals surface area contributed by atoms with Gasteiger partial charge in [0.1, 0.15) is 18.8 Å². The molecule has 2 heterocycles. The summed E-state index contributed by atoms with van der Waals surface area (Å²) in [5.41, 5.74) is 7.14. The third-order valence-electron chi connectivity index (χ3n) is 8.66. The second-order valence-corrected chi connectivity index (χ2v) is 11.9. The molecule has 1 aliphatic carbocycles. The minimum absolute atomic E-state index is 0.142. The molecule has 10 nitrogen and oxygen atoms in total. The number of rotatable bonds is 13. The Labute approximate surface area is 263 Å². The number of carbonyl (C=O) groups excluding carboxylic acids is 2. The normalized spacial score (nSPS) is 13.8. The molecule has 0 unspecified atom stereocenters. The molecule has 2 aromatic heterocycles. The monoisotopic (exact) mass is 608 g/mol. The number of carbonyl (C=O) groups is 2. The molecule has 0 atom stereocenters. The van der Waals surface area contributed by atoms with Crippen LogP contribution in [0, 0.1) is 0 Å². The van der Waals surface area contributed by atoms with Gasteiger partial charge in [-0.1, -0.05) is 55.7 Å². The highest BCUT2D eigenvalue weighted by Gasteiger charge is 2.26. The Morgan fingerprint density at radius 2 is 1.84 bits per heavy atom. The van der Waals surface area contributed by atoms with Crippen molar-refractivity contribution in [3.63, 3.8) is 0 Å². The average Bonchev–Trinajstić information content (AvgIpc) is 3.73. The number of imidazole rings is 2. The first-order valence-electron chi connectivity index (χ1n) is 15.7. The zero-order valence-corrected chi connectivity index (χ0v) is 25.9. The number of hydrogen-bond acceptors (Lipinski definition) is 8. The number of nitrogens with zero attached hydrogens (tertiary/aromatic N) is 5. The summed E-state index contributed by atoms with van der Waals surface area (Å²) >= 11 is 0. The number of benzene rings is 3. The van der Waals surface area contributed by atoms with Crippen LogP contribution in [0.4, 0.5) is 5.69 Å². The number of hydrogen-bond donors (Lipinski definition) is 1. The summed E-state index contributed by atoms with van der Waals surface area (Å²) in [6, 6.07) is 18.5. The fourth-order valence-electron chi connectivity index (χ4n) is 6.30. The van der Waals surface area contributed by atoms with Crippen molar-refractivity contribution in [3.8, 4) is 11.1 Å². The van der Waals surface area contributed by atoms with Crippen molar-refractivity contribution in [2.24, 2.45) is 0 Å². The number of anilines is 1. The van der Waals surface area contributed by atoms with E-state index >= 15 is 0 Å². The molecule has 0 amide bonds. The topological polar surface area (TPSA) is 106 Å². The van der Waals surface area contributed by atoms with Gasteiger partial charge in [0.05, 0.1) is 47.0 Å². The molecule has 1 aliphatic rings. The van der Waals surface area contributed by atoms with Gasteiger partial charge in [0.2, 0.25) is 0 Å². The van der Waals surface area contributed by atoms with Gasteiger partial charge in [-0.25, -0.2) is 14.8 Å². The summed E-state index contributed by atoms with van der Waals surface area (Å²) < 4.78 is 13.3. The Bertz CT molecular complexity index is 1760. The van der Waals surface area contributed by atoms with Crippen LogP contribution in [0.5, 0.6) is 0 Å². The lowest BCUT2D eigenvalue weighted by atomic mass is 9.95. The number of aromatic nitrogens is 4. The first-order valence-corrected chi connectivity index (χ1v) is 15.7. The van der Waals surface area contributed by atoms with Gasteiger partial charge in [0.25, 0.3) is 6.47 Å². The molecule has 6 rings (SSSR count). The molecule has 0 saturated heterocycles. The fraction of sp³-hybridized carbons (Fsp3) is 0.371. The number of nitrogens with one attached hydrogen (secondary N) is 1. The Balaban J connectivity index is 1.44. The van der Waals surface area contributed by atoms with Crippen LogP contribution in [0.25, 0.3) is 33.2 Å². The zero-order valence-electron chi connectivity index (χ0n) is 25.9. The standard InChI is InChI=1S/C35H40N6O4/c1-39(2)15-16-40(17-18-44-24-42)31-20-28(26-13-14-30-29(19-26)38-23-41(30)27-11-7-4-8-12-27)33-34(37-22-36-33)32(31)35(43)45-21-25-9-5-3-6-10-25/h3,5-6,9-10,13-14,19-20,22-24,27H,4,7-8,11-12,15-18,21H2,1-2H3,(H,36,37). The van der Waals surface area contributed by atoms with Crippen molar-refractivity contribution in [1.82, 2.24) is 24.4 Å². The Morgan fingerprint density at radius 1 is 1.02 bits per heavy atom. The van der Waals surface area contributed by atoms with Gasteiger partial charge in [0.15, 0.2) is 0 Å². The van der Waals surface area contributed by atoms with Crippen LogP contribution in [0.2, 0.25) is 0 Å². The molecule has 1 saturated carbocycles. The third-order valence-corrected chi connectivity index (χ3v) is 8.66. The predicted molar refractivity (Wildman–Crippen MR) is 175 cm³/mol. The first-order chi connectivity index (χ1) is 22.0. The molecular formula is C35H40N6O4. The largest absolute Gasteiger partial charge is 0.466 e. The van der Waals surface area contributed by atoms with E-state index in [1.54, 1.807) is 6.33 Å². The predicted octanol–water partition coefficient (Wildman–Crippen LogP) is 5.98. The van der Waals surface area contributed by atoms with E-state index in [0.29, 0.717) is 47.9 Å². The maximum atomic E-state index is 13.9. The third kappa shape index (κ3) is 6.71. The van der Waals surface area contributed by atoms with Crippen molar-refractivity contribution in [3.05, 3.63) is 78.4 Å². The van der Waals surface area contributed by atoms with Crippen molar-refractivity contribution in [2.75, 3.05) is 45.2 Å². The van der Waals surface area contributed by atoms with E-state index in [1.807, 2.05) is 56.8 Å². The Morgan fingerprint density at radius 3 is 2.62 bits per heavy atom. The van der Waals surface area contributed by atoms with Gasteiger partial charge in [-0.15, -0.1) is 0 Å². The van der Waals surface area contributed by atoms with Gasteiger partial charge in [0, 0.05) is 24.7 Å². The van der Waals surface area contributed by atoms with E-state index in [0.717, 1.165) is 34.3 Å². The lowest BCUT2D eigenvalue weighted by molar-refractivity contribution is -0.128. The van der Waals surface area contributed by atoms with Gasteiger partial charge in [-0.3, -0.25) is 4.79 Å². The van der Waals surface area contributed by atoms with Crippen molar-refractivity contribution in [1.29, 1.82) is 0 Å². The van der Waals surface area contributed by atoms with Gasteiger partial charge in [-0.2, -0.15) is 0 Å². The number of aromatic amines is 1. The quantitative estimate of drug-likeness (QED) is 0.0989. The van der Waals surface area contributed by atoms with E-state index in [1.165, 1.54) is 32.1 Å². The minimum atomic E-state index is -0.456. The molecule has 0 bridgehead atoms. The van der Waals surface area contributed by atoms with Crippen molar-refractivity contribution >= 4 is 40.2 Å². The van der Waals surface area contributed by atoms with Crippen LogP contribution >= 0.6 is 0 Å². The molecular weight excluding hydrogens is 568 g/mol. The number of likely N-dealkylation sites (N-methyl/N-ethyl adjacent to an activating group) is 1. The van der Waals surface area contributed by atoms with Gasteiger partial charge < -0.3 is 28.8 Å². The number of ether oxygens (including phenoxy) is 2. The molecule has 3 aromatic carbocycles. The summed E-state index contributed by atoms with van der Waals surface area (Å²) in [5.74, 6) is -0.456. The van der Waals surface area contributed by atoms with Gasteiger partial charge in [-0.05, 0) is 56.3 Å². The summed E-state index contributed by atoms with van der Waals surface area (Å²) in [4.78, 5) is 41.8. The molecule has 0 aliphatic heterocycles. The zero-order chi connectivity index (χ0) is 31.2. The SMILES string of the molecule is CN(C)CCN(CCOC=O)c1cc(-c2ccc3c(c2)ncn3C2CCCCC2)c2nc[nH]c2c1C(=O)OCc1ccccc1. The summed E-state index contributed by atoms with van der Waals surface area (Å²) in [6.45, 7) is 2.48. The number of fused-ring (bicyclic) bond motifs is 2. The van der Waals surface area contributed by atoms with E-state index < -0.39 is 5.97 Å². The Hall–Kier alpha value is -4.70. The number of esters is 1. The van der Waals surface area contributed by atoms with Crippen molar-refractivity contribution in [2.45, 2.75) is 44.8 Å². The van der Waals surface area contributed by atoms with Crippen molar-refractivity contribution < 1.29 is 19.1 Å². The van der Waals surface area contributed by atoms with Crippen LogP contribution in [0.1, 0.15) is 54.1 Å². The Kier molecular flexibility index (Phi) is 9.40. The number of H-pyrrole nitrogens is 1. The van der Waals surface area contributed by atoms with Crippen LogP contribution in [0.3, 0.4) is 0 Å². The summed E-state index contributed by atoms with van der Waals surface area (Å²) in [7, 11) is 4.00. The van der Waals surface area contributed by atoms with Gasteiger partial charge >= 0.3 is 5.97 Å². The molecule has 0 radical (unpaired) electrons.